The van der Waals surface area contributed by atoms with Crippen LogP contribution in [-0.4, -0.2) is 35.2 Å². The Morgan fingerprint density at radius 2 is 1.95 bits per heavy atom. The topological polar surface area (TPSA) is 35.5 Å². The number of hydrogen-bond donors (Lipinski definition) is 2. The van der Waals surface area contributed by atoms with Crippen molar-refractivity contribution in [2.45, 2.75) is 63.2 Å². The van der Waals surface area contributed by atoms with Crippen LogP contribution in [0.3, 0.4) is 0 Å². The molecule has 2 aliphatic rings. The summed E-state index contributed by atoms with van der Waals surface area (Å²) in [5.74, 6) is -0.124. The molecule has 0 amide bonds. The normalized spacial score (nSPS) is 31.1. The molecule has 3 atom stereocenters. The van der Waals surface area contributed by atoms with Gasteiger partial charge in [0.2, 0.25) is 0 Å². The van der Waals surface area contributed by atoms with Crippen LogP contribution in [0.1, 0.15) is 50.6 Å². The van der Waals surface area contributed by atoms with E-state index in [2.05, 4.69) is 17.3 Å². The summed E-state index contributed by atoms with van der Waals surface area (Å²) in [6, 6.07) is 5.93. The lowest BCUT2D eigenvalue weighted by atomic mass is 9.82. The third-order valence-corrected chi connectivity index (χ3v) is 5.28. The largest absolute Gasteiger partial charge is 0.508 e. The minimum absolute atomic E-state index is 0.0326. The van der Waals surface area contributed by atoms with Gasteiger partial charge in [-0.05, 0) is 57.9 Å². The van der Waals surface area contributed by atoms with Crippen molar-refractivity contribution in [3.05, 3.63) is 29.6 Å². The highest BCUT2D eigenvalue weighted by Crippen LogP contribution is 2.34. The van der Waals surface area contributed by atoms with Gasteiger partial charge in [0.15, 0.2) is 0 Å². The molecule has 4 heteroatoms. The number of rotatable bonds is 3. The number of halogens is 1. The first-order valence-corrected chi connectivity index (χ1v) is 8.01. The summed E-state index contributed by atoms with van der Waals surface area (Å²) in [6.45, 7) is 2.00. The van der Waals surface area contributed by atoms with Crippen molar-refractivity contribution in [1.82, 2.24) is 10.2 Å². The molecule has 0 aromatic heterocycles. The molecule has 2 bridgehead atoms. The van der Waals surface area contributed by atoms with E-state index in [1.807, 2.05) is 6.92 Å². The minimum atomic E-state index is -0.295. The van der Waals surface area contributed by atoms with Crippen molar-refractivity contribution in [1.29, 1.82) is 0 Å². The molecule has 1 aromatic rings. The highest BCUT2D eigenvalue weighted by molar-refractivity contribution is 5.35. The van der Waals surface area contributed by atoms with Gasteiger partial charge in [-0.15, -0.1) is 0 Å². The van der Waals surface area contributed by atoms with Gasteiger partial charge in [-0.3, -0.25) is 0 Å². The van der Waals surface area contributed by atoms with Crippen LogP contribution >= 0.6 is 0 Å². The van der Waals surface area contributed by atoms with Crippen molar-refractivity contribution in [2.24, 2.45) is 0 Å². The van der Waals surface area contributed by atoms with Gasteiger partial charge in [0.05, 0.1) is 0 Å². The molecule has 2 saturated heterocycles. The first-order valence-electron chi connectivity index (χ1n) is 8.01. The van der Waals surface area contributed by atoms with E-state index >= 15 is 0 Å². The number of benzene rings is 1. The Kier molecular flexibility index (Phi) is 4.18. The summed E-state index contributed by atoms with van der Waals surface area (Å²) in [6.07, 6.45) is 6.20. The standard InChI is InChI=1S/C17H25FN2O/c1-11(16-8-12(18)6-7-17(16)21)19-13-9-14-4-3-5-15(10-13)20(14)2/h6-8,11,13-15,19,21H,3-5,9-10H2,1-2H3. The smallest absolute Gasteiger partial charge is 0.123 e. The summed E-state index contributed by atoms with van der Waals surface area (Å²) in [4.78, 5) is 2.53. The second kappa shape index (κ2) is 5.93. The van der Waals surface area contributed by atoms with E-state index in [1.165, 1.54) is 37.5 Å². The molecule has 3 unspecified atom stereocenters. The van der Waals surface area contributed by atoms with Crippen LogP contribution < -0.4 is 5.32 Å². The second-order valence-electron chi connectivity index (χ2n) is 6.66. The van der Waals surface area contributed by atoms with Gasteiger partial charge < -0.3 is 15.3 Å². The zero-order valence-corrected chi connectivity index (χ0v) is 12.8. The summed E-state index contributed by atoms with van der Waals surface area (Å²) >= 11 is 0. The number of piperidine rings is 2. The van der Waals surface area contributed by atoms with E-state index in [0.29, 0.717) is 23.7 Å². The maximum Gasteiger partial charge on any atom is 0.123 e. The second-order valence-corrected chi connectivity index (χ2v) is 6.66. The van der Waals surface area contributed by atoms with E-state index in [0.717, 1.165) is 12.8 Å². The Balaban J connectivity index is 1.68. The molecule has 3 nitrogen and oxygen atoms in total. The Bertz CT molecular complexity index is 494. The van der Waals surface area contributed by atoms with Crippen LogP contribution in [0.15, 0.2) is 18.2 Å². The quantitative estimate of drug-likeness (QED) is 0.898. The van der Waals surface area contributed by atoms with Gasteiger partial charge in [0.1, 0.15) is 11.6 Å². The lowest BCUT2D eigenvalue weighted by Gasteiger charge is -2.47. The molecule has 0 radical (unpaired) electrons. The average molecular weight is 292 g/mol. The maximum absolute atomic E-state index is 13.4. The Morgan fingerprint density at radius 1 is 1.29 bits per heavy atom. The fourth-order valence-corrected chi connectivity index (χ4v) is 4.07. The summed E-state index contributed by atoms with van der Waals surface area (Å²) in [5.41, 5.74) is 0.652. The van der Waals surface area contributed by atoms with Crippen LogP contribution in [-0.2, 0) is 0 Å². The van der Waals surface area contributed by atoms with Gasteiger partial charge >= 0.3 is 0 Å². The molecule has 2 fully saturated rings. The highest BCUT2D eigenvalue weighted by Gasteiger charge is 2.36. The summed E-state index contributed by atoms with van der Waals surface area (Å²) < 4.78 is 13.4. The number of nitrogens with zero attached hydrogens (tertiary/aromatic N) is 1. The van der Waals surface area contributed by atoms with Crippen molar-refractivity contribution in [3.8, 4) is 5.75 Å². The number of nitrogens with one attached hydrogen (secondary N) is 1. The van der Waals surface area contributed by atoms with Crippen molar-refractivity contribution in [3.63, 3.8) is 0 Å². The predicted octanol–water partition coefficient (Wildman–Crippen LogP) is 3.20. The van der Waals surface area contributed by atoms with E-state index in [-0.39, 0.29) is 17.6 Å². The predicted molar refractivity (Wildman–Crippen MR) is 81.8 cm³/mol. The van der Waals surface area contributed by atoms with Crippen molar-refractivity contribution < 1.29 is 9.50 Å². The zero-order chi connectivity index (χ0) is 15.0. The number of hydrogen-bond acceptors (Lipinski definition) is 3. The third-order valence-electron chi connectivity index (χ3n) is 5.28. The minimum Gasteiger partial charge on any atom is -0.508 e. The number of fused-ring (bicyclic) bond motifs is 2. The molecule has 2 heterocycles. The molecule has 116 valence electrons. The van der Waals surface area contributed by atoms with Crippen LogP contribution in [0.25, 0.3) is 0 Å². The molecule has 3 rings (SSSR count). The van der Waals surface area contributed by atoms with E-state index in [1.54, 1.807) is 0 Å². The lowest BCUT2D eigenvalue weighted by molar-refractivity contribution is 0.0462. The zero-order valence-electron chi connectivity index (χ0n) is 12.8. The third kappa shape index (κ3) is 3.06. The summed E-state index contributed by atoms with van der Waals surface area (Å²) in [5, 5.41) is 13.5. The van der Waals surface area contributed by atoms with Crippen LogP contribution in [0.2, 0.25) is 0 Å². The van der Waals surface area contributed by atoms with Gasteiger partial charge in [-0.2, -0.15) is 0 Å². The Morgan fingerprint density at radius 3 is 2.62 bits per heavy atom. The molecular weight excluding hydrogens is 267 g/mol. The lowest BCUT2D eigenvalue weighted by Crippen LogP contribution is -2.54. The van der Waals surface area contributed by atoms with Gasteiger partial charge in [0.25, 0.3) is 0 Å². The maximum atomic E-state index is 13.4. The van der Waals surface area contributed by atoms with Gasteiger partial charge in [-0.25, -0.2) is 4.39 Å². The average Bonchev–Trinajstić information content (AvgIpc) is 2.42. The number of phenols is 1. The highest BCUT2D eigenvalue weighted by atomic mass is 19.1. The first kappa shape index (κ1) is 14.8. The summed E-state index contributed by atoms with van der Waals surface area (Å²) in [7, 11) is 2.24. The van der Waals surface area contributed by atoms with E-state index < -0.39 is 0 Å². The SMILES string of the molecule is CC(NC1CC2CCCC(C1)N2C)c1cc(F)ccc1O. The van der Waals surface area contributed by atoms with E-state index in [4.69, 9.17) is 0 Å². The molecule has 0 saturated carbocycles. The molecule has 21 heavy (non-hydrogen) atoms. The molecule has 0 spiro atoms. The molecular formula is C17H25FN2O. The molecule has 1 aromatic carbocycles. The van der Waals surface area contributed by atoms with Crippen molar-refractivity contribution in [2.75, 3.05) is 7.05 Å². The van der Waals surface area contributed by atoms with E-state index in [9.17, 15) is 9.50 Å². The molecule has 2 N–H and O–H groups in total. The number of aromatic hydroxyl groups is 1. The van der Waals surface area contributed by atoms with Crippen LogP contribution in [0.4, 0.5) is 4.39 Å². The Hall–Kier alpha value is -1.13. The van der Waals surface area contributed by atoms with Crippen LogP contribution in [0.5, 0.6) is 5.75 Å². The fraction of sp³-hybridized carbons (Fsp3) is 0.647. The molecule has 0 aliphatic carbocycles. The Labute approximate surface area is 126 Å². The number of phenolic OH excluding ortho intramolecular Hbond substituents is 1. The molecule has 2 aliphatic heterocycles. The fourth-order valence-electron chi connectivity index (χ4n) is 4.07. The van der Waals surface area contributed by atoms with Gasteiger partial charge in [0, 0.05) is 29.7 Å². The van der Waals surface area contributed by atoms with Crippen molar-refractivity contribution >= 4 is 0 Å². The monoisotopic (exact) mass is 292 g/mol. The first-order chi connectivity index (χ1) is 10.0. The van der Waals surface area contributed by atoms with Crippen LogP contribution in [0, 0.1) is 5.82 Å². The van der Waals surface area contributed by atoms with Gasteiger partial charge in [-0.1, -0.05) is 6.42 Å².